The number of amides is 1. The number of benzene rings is 1. The second-order valence-corrected chi connectivity index (χ2v) is 5.88. The van der Waals surface area contributed by atoms with E-state index < -0.39 is 12.0 Å². The fourth-order valence-corrected chi connectivity index (χ4v) is 2.11. The Morgan fingerprint density at radius 1 is 1.24 bits per heavy atom. The highest BCUT2D eigenvalue weighted by atomic mass is 32.2. The van der Waals surface area contributed by atoms with E-state index in [-0.39, 0.29) is 5.91 Å². The molecule has 21 heavy (non-hydrogen) atoms. The van der Waals surface area contributed by atoms with E-state index in [0.717, 1.165) is 5.75 Å². The van der Waals surface area contributed by atoms with Gasteiger partial charge in [-0.1, -0.05) is 18.2 Å². The maximum atomic E-state index is 10.5. The van der Waals surface area contributed by atoms with Gasteiger partial charge in [0.2, 0.25) is 5.91 Å². The van der Waals surface area contributed by atoms with Crippen molar-refractivity contribution in [3.05, 3.63) is 34.9 Å². The largest absolute Gasteiger partial charge is 0.480 e. The van der Waals surface area contributed by atoms with Crippen LogP contribution in [0.4, 0.5) is 0 Å². The number of carboxylic acids is 1. The molecule has 1 unspecified atom stereocenters. The van der Waals surface area contributed by atoms with Gasteiger partial charge < -0.3 is 10.4 Å². The van der Waals surface area contributed by atoms with Gasteiger partial charge in [-0.2, -0.15) is 11.8 Å². The van der Waals surface area contributed by atoms with Crippen molar-refractivity contribution in [2.75, 3.05) is 12.0 Å². The number of carbonyl (C=O) groups excluding carboxylic acids is 1. The molecule has 0 aliphatic heterocycles. The lowest BCUT2D eigenvalue weighted by atomic mass is 10.1. The average molecular weight is 311 g/mol. The number of hydrogen-bond donors (Lipinski definition) is 2. The lowest BCUT2D eigenvalue weighted by molar-refractivity contribution is -0.141. The quantitative estimate of drug-likeness (QED) is 0.877. The maximum Gasteiger partial charge on any atom is 0.326 e. The second-order valence-electron chi connectivity index (χ2n) is 4.89. The topological polar surface area (TPSA) is 66.4 Å². The molecule has 0 radical (unpaired) electrons. The summed E-state index contributed by atoms with van der Waals surface area (Å²) in [5.74, 6) is -0.542. The molecule has 118 valence electrons. The van der Waals surface area contributed by atoms with E-state index in [2.05, 4.69) is 44.3 Å². The van der Waals surface area contributed by atoms with Crippen LogP contribution in [0.1, 0.15) is 30.0 Å². The van der Waals surface area contributed by atoms with E-state index in [1.807, 2.05) is 6.26 Å². The zero-order valence-electron chi connectivity index (χ0n) is 13.4. The van der Waals surface area contributed by atoms with Crippen molar-refractivity contribution < 1.29 is 14.7 Å². The molecule has 0 saturated heterocycles. The Labute approximate surface area is 131 Å². The predicted octanol–water partition coefficient (Wildman–Crippen LogP) is 2.94. The van der Waals surface area contributed by atoms with Crippen LogP contribution in [0.25, 0.3) is 0 Å². The van der Waals surface area contributed by atoms with E-state index >= 15 is 0 Å². The minimum absolute atomic E-state index is 0.302. The van der Waals surface area contributed by atoms with Gasteiger partial charge >= 0.3 is 5.97 Å². The molecule has 1 amide bonds. The predicted molar refractivity (Wildman–Crippen MR) is 88.9 cm³/mol. The van der Waals surface area contributed by atoms with Crippen molar-refractivity contribution in [1.82, 2.24) is 5.32 Å². The van der Waals surface area contributed by atoms with Gasteiger partial charge in [-0.25, -0.2) is 4.79 Å². The van der Waals surface area contributed by atoms with Crippen LogP contribution in [0.5, 0.6) is 0 Å². The first-order valence-corrected chi connectivity index (χ1v) is 8.20. The maximum absolute atomic E-state index is 10.5. The van der Waals surface area contributed by atoms with E-state index in [0.29, 0.717) is 6.42 Å². The van der Waals surface area contributed by atoms with Gasteiger partial charge in [-0.3, -0.25) is 4.79 Å². The number of carbonyl (C=O) groups is 2. The SMILES string of the molecule is CSCCC(NC(C)=O)C(=O)O.Cc1cccc(C)c1C. The molecule has 4 nitrogen and oxygen atoms in total. The van der Waals surface area contributed by atoms with Crippen LogP contribution in [0.2, 0.25) is 0 Å². The highest BCUT2D eigenvalue weighted by Gasteiger charge is 2.16. The number of rotatable bonds is 5. The molecular formula is C16H25NO3S. The van der Waals surface area contributed by atoms with Crippen molar-refractivity contribution in [1.29, 1.82) is 0 Å². The molecule has 1 aromatic carbocycles. The Kier molecular flexibility index (Phi) is 9.54. The zero-order valence-corrected chi connectivity index (χ0v) is 14.2. The van der Waals surface area contributed by atoms with Crippen LogP contribution in [0.15, 0.2) is 18.2 Å². The van der Waals surface area contributed by atoms with Gasteiger partial charge in [-0.05, 0) is 55.9 Å². The van der Waals surface area contributed by atoms with Crippen LogP contribution in [0, 0.1) is 20.8 Å². The summed E-state index contributed by atoms with van der Waals surface area (Å²) in [5.41, 5.74) is 4.18. The third kappa shape index (κ3) is 8.40. The monoisotopic (exact) mass is 311 g/mol. The number of aliphatic carboxylic acids is 1. The van der Waals surface area contributed by atoms with Crippen molar-refractivity contribution in [2.24, 2.45) is 0 Å². The Balaban J connectivity index is 0.000000394. The number of nitrogens with one attached hydrogen (secondary N) is 1. The minimum Gasteiger partial charge on any atom is -0.480 e. The minimum atomic E-state index is -0.973. The Morgan fingerprint density at radius 3 is 2.10 bits per heavy atom. The summed E-state index contributed by atoms with van der Waals surface area (Å²) in [6.07, 6.45) is 2.36. The third-order valence-electron chi connectivity index (χ3n) is 3.16. The average Bonchev–Trinajstić information content (AvgIpc) is 2.41. The number of hydrogen-bond acceptors (Lipinski definition) is 3. The molecule has 0 spiro atoms. The summed E-state index contributed by atoms with van der Waals surface area (Å²) in [6, 6.07) is 5.64. The van der Waals surface area contributed by atoms with Crippen LogP contribution in [-0.4, -0.2) is 35.0 Å². The molecule has 2 N–H and O–H groups in total. The Hall–Kier alpha value is -1.49. The smallest absolute Gasteiger partial charge is 0.326 e. The van der Waals surface area contributed by atoms with Crippen molar-refractivity contribution in [3.8, 4) is 0 Å². The number of carboxylic acid groups (broad SMARTS) is 1. The molecule has 0 heterocycles. The number of aryl methyl sites for hydroxylation is 2. The summed E-state index contributed by atoms with van der Waals surface area (Å²) in [7, 11) is 0. The standard InChI is InChI=1S/C9H12.C7H13NO3S/c1-7-5-4-6-8(2)9(7)3;1-5(9)8-6(7(10)11)3-4-12-2/h4-6H,1-3H3;6H,3-4H2,1-2H3,(H,8,9)(H,10,11). The van der Waals surface area contributed by atoms with Gasteiger partial charge in [0.15, 0.2) is 0 Å². The van der Waals surface area contributed by atoms with Crippen molar-refractivity contribution >= 4 is 23.6 Å². The molecule has 0 aliphatic rings. The molecule has 0 fully saturated rings. The van der Waals surface area contributed by atoms with Gasteiger partial charge in [0.1, 0.15) is 6.04 Å². The Bertz CT molecular complexity index is 454. The fourth-order valence-electron chi connectivity index (χ4n) is 1.64. The molecule has 0 aliphatic carbocycles. The van der Waals surface area contributed by atoms with Crippen LogP contribution >= 0.6 is 11.8 Å². The Morgan fingerprint density at radius 2 is 1.76 bits per heavy atom. The molecule has 5 heteroatoms. The molecular weight excluding hydrogens is 286 g/mol. The van der Waals surface area contributed by atoms with Crippen LogP contribution < -0.4 is 5.32 Å². The van der Waals surface area contributed by atoms with Crippen molar-refractivity contribution in [3.63, 3.8) is 0 Å². The molecule has 1 aromatic rings. The normalized spacial score (nSPS) is 11.1. The van der Waals surface area contributed by atoms with E-state index in [1.54, 1.807) is 11.8 Å². The van der Waals surface area contributed by atoms with Gasteiger partial charge in [0.05, 0.1) is 0 Å². The first-order valence-electron chi connectivity index (χ1n) is 6.81. The van der Waals surface area contributed by atoms with Crippen LogP contribution in [0.3, 0.4) is 0 Å². The summed E-state index contributed by atoms with van der Waals surface area (Å²) in [6.45, 7) is 7.75. The van der Waals surface area contributed by atoms with Crippen molar-refractivity contribution in [2.45, 2.75) is 40.2 Å². The zero-order chi connectivity index (χ0) is 16.4. The third-order valence-corrected chi connectivity index (χ3v) is 3.81. The van der Waals surface area contributed by atoms with Gasteiger partial charge in [0, 0.05) is 6.92 Å². The molecule has 0 aromatic heterocycles. The second kappa shape index (κ2) is 10.3. The lowest BCUT2D eigenvalue weighted by Crippen LogP contribution is -2.39. The van der Waals surface area contributed by atoms with Gasteiger partial charge in [0.25, 0.3) is 0 Å². The summed E-state index contributed by atoms with van der Waals surface area (Å²) in [4.78, 5) is 21.1. The number of thioether (sulfide) groups is 1. The molecule has 1 atom stereocenters. The molecule has 0 saturated carbocycles. The van der Waals surface area contributed by atoms with Gasteiger partial charge in [-0.15, -0.1) is 0 Å². The van der Waals surface area contributed by atoms with Crippen LogP contribution in [-0.2, 0) is 9.59 Å². The van der Waals surface area contributed by atoms with E-state index in [9.17, 15) is 9.59 Å². The first-order chi connectivity index (χ1) is 9.79. The molecule has 0 bridgehead atoms. The highest BCUT2D eigenvalue weighted by molar-refractivity contribution is 7.98. The van der Waals surface area contributed by atoms with E-state index in [1.165, 1.54) is 23.6 Å². The summed E-state index contributed by atoms with van der Waals surface area (Å²) >= 11 is 1.56. The lowest BCUT2D eigenvalue weighted by Gasteiger charge is -2.11. The summed E-state index contributed by atoms with van der Waals surface area (Å²) < 4.78 is 0. The first kappa shape index (κ1) is 19.5. The fraction of sp³-hybridized carbons (Fsp3) is 0.500. The molecule has 1 rings (SSSR count). The van der Waals surface area contributed by atoms with E-state index in [4.69, 9.17) is 5.11 Å². The highest BCUT2D eigenvalue weighted by Crippen LogP contribution is 2.09. The summed E-state index contributed by atoms with van der Waals surface area (Å²) in [5, 5.41) is 11.0.